The van der Waals surface area contributed by atoms with Gasteiger partial charge in [0.25, 0.3) is 5.91 Å². The predicted molar refractivity (Wildman–Crippen MR) is 152 cm³/mol. The number of carbonyl (C=O) groups is 2. The van der Waals surface area contributed by atoms with Crippen molar-refractivity contribution in [3.05, 3.63) is 89.1 Å². The van der Waals surface area contributed by atoms with Gasteiger partial charge in [-0.15, -0.1) is 0 Å². The van der Waals surface area contributed by atoms with Crippen LogP contribution in [0.5, 0.6) is 17.2 Å². The number of hydrogen-bond donors (Lipinski definition) is 1. The molecule has 1 N–H and O–H groups in total. The van der Waals surface area contributed by atoms with Crippen molar-refractivity contribution in [1.82, 2.24) is 14.8 Å². The Morgan fingerprint density at radius 2 is 1.68 bits per heavy atom. The third kappa shape index (κ3) is 3.81. The van der Waals surface area contributed by atoms with Crippen LogP contribution in [0.15, 0.2) is 66.7 Å². The minimum absolute atomic E-state index is 0.00875. The topological polar surface area (TPSA) is 84.1 Å². The first kappa shape index (κ1) is 25.8. The summed E-state index contributed by atoms with van der Waals surface area (Å²) in [6.07, 6.45) is 0. The number of carbonyl (C=O) groups excluding carboxylic acids is 2. The first-order valence-electron chi connectivity index (χ1n) is 13.5. The summed E-state index contributed by atoms with van der Waals surface area (Å²) in [5.74, 6) is 1.52. The van der Waals surface area contributed by atoms with E-state index in [-0.39, 0.29) is 30.8 Å². The molecule has 0 aliphatic carbocycles. The van der Waals surface area contributed by atoms with Crippen LogP contribution in [0.4, 0.5) is 0 Å². The van der Waals surface area contributed by atoms with Gasteiger partial charge >= 0.3 is 0 Å². The lowest BCUT2D eigenvalue weighted by atomic mass is 9.76. The molecule has 0 spiro atoms. The molecule has 2 atom stereocenters. The van der Waals surface area contributed by atoms with Crippen LogP contribution >= 0.6 is 0 Å². The Morgan fingerprint density at radius 3 is 2.45 bits per heavy atom. The Morgan fingerprint density at radius 1 is 0.950 bits per heavy atom. The molecule has 3 heterocycles. The van der Waals surface area contributed by atoms with Crippen molar-refractivity contribution in [2.45, 2.75) is 31.8 Å². The van der Waals surface area contributed by atoms with Crippen LogP contribution in [0.3, 0.4) is 0 Å². The summed E-state index contributed by atoms with van der Waals surface area (Å²) >= 11 is 0. The number of methoxy groups -OCH3 is 2. The third-order valence-corrected chi connectivity index (χ3v) is 8.26. The predicted octanol–water partition coefficient (Wildman–Crippen LogP) is 4.82. The first-order valence-corrected chi connectivity index (χ1v) is 13.5. The Balaban J connectivity index is 1.52. The lowest BCUT2D eigenvalue weighted by molar-refractivity contribution is -0.167. The highest BCUT2D eigenvalue weighted by atomic mass is 16.5. The first-order chi connectivity index (χ1) is 19.4. The Labute approximate surface area is 233 Å². The van der Waals surface area contributed by atoms with Gasteiger partial charge in [-0.25, -0.2) is 0 Å². The molecular formula is C32H33N3O5. The van der Waals surface area contributed by atoms with Gasteiger partial charge in [-0.2, -0.15) is 0 Å². The van der Waals surface area contributed by atoms with Crippen molar-refractivity contribution in [1.29, 1.82) is 0 Å². The summed E-state index contributed by atoms with van der Waals surface area (Å²) in [6, 6.07) is 21.5. The van der Waals surface area contributed by atoms with E-state index in [2.05, 4.69) is 11.1 Å². The summed E-state index contributed by atoms with van der Waals surface area (Å²) in [6.45, 7) is 4.88. The number of amides is 2. The number of benzene rings is 3. The zero-order valence-corrected chi connectivity index (χ0v) is 23.2. The molecule has 40 heavy (non-hydrogen) atoms. The summed E-state index contributed by atoms with van der Waals surface area (Å²) in [5, 5.41) is 1.02. The van der Waals surface area contributed by atoms with Gasteiger partial charge < -0.3 is 29.0 Å². The third-order valence-electron chi connectivity index (χ3n) is 8.26. The minimum Gasteiger partial charge on any atom is -0.496 e. The fourth-order valence-corrected chi connectivity index (χ4v) is 6.39. The zero-order chi connectivity index (χ0) is 28.0. The van der Waals surface area contributed by atoms with Crippen LogP contribution in [0.25, 0.3) is 10.9 Å². The number of piperazine rings is 1. The summed E-state index contributed by atoms with van der Waals surface area (Å²) in [4.78, 5) is 35.3. The maximum absolute atomic E-state index is 14.4. The van der Waals surface area contributed by atoms with Crippen molar-refractivity contribution >= 4 is 22.7 Å². The molecule has 0 saturated carbocycles. The molecular weight excluding hydrogens is 506 g/mol. The normalized spacial score (nSPS) is 20.4. The lowest BCUT2D eigenvalue weighted by Gasteiger charge is -2.51. The maximum Gasteiger partial charge on any atom is 0.255 e. The van der Waals surface area contributed by atoms with E-state index in [9.17, 15) is 9.59 Å². The molecule has 8 heteroatoms. The average Bonchev–Trinajstić information content (AvgIpc) is 3.37. The quantitative estimate of drug-likeness (QED) is 0.364. The Kier molecular flexibility index (Phi) is 6.41. The standard InChI is InChI=1S/C32H33N3O5/c1-5-40-29-21(13-10-16-26(29)39-4)23-18-35-27(36)19-34(17-20-11-6-9-15-25(20)38-3)31(37)32(35,2)30-28(23)22-12-7-8-14-24(22)33-30/h6-16,23,33H,5,17-19H2,1-4H3/t23?,32-/m0/s1. The molecule has 1 aromatic heterocycles. The van der Waals surface area contributed by atoms with Gasteiger partial charge in [-0.3, -0.25) is 9.59 Å². The maximum atomic E-state index is 14.4. The van der Waals surface area contributed by atoms with Gasteiger partial charge in [0.15, 0.2) is 17.0 Å². The van der Waals surface area contributed by atoms with Gasteiger partial charge in [0.1, 0.15) is 12.3 Å². The monoisotopic (exact) mass is 539 g/mol. The average molecular weight is 540 g/mol. The van der Waals surface area contributed by atoms with E-state index < -0.39 is 5.54 Å². The molecule has 3 aromatic carbocycles. The van der Waals surface area contributed by atoms with Gasteiger partial charge in [0, 0.05) is 41.0 Å². The van der Waals surface area contributed by atoms with Crippen molar-refractivity contribution in [3.63, 3.8) is 0 Å². The van der Waals surface area contributed by atoms with Crippen molar-refractivity contribution < 1.29 is 23.8 Å². The van der Waals surface area contributed by atoms with Crippen molar-refractivity contribution in [3.8, 4) is 17.2 Å². The van der Waals surface area contributed by atoms with Gasteiger partial charge in [-0.05, 0) is 37.6 Å². The van der Waals surface area contributed by atoms with Gasteiger partial charge in [0.05, 0.1) is 26.5 Å². The van der Waals surface area contributed by atoms with Gasteiger partial charge in [-0.1, -0.05) is 48.5 Å². The van der Waals surface area contributed by atoms with Crippen molar-refractivity contribution in [2.75, 3.05) is 33.9 Å². The molecule has 1 fully saturated rings. The number of rotatable bonds is 7. The van der Waals surface area contributed by atoms with E-state index in [1.54, 1.807) is 24.0 Å². The van der Waals surface area contributed by atoms with E-state index in [0.29, 0.717) is 30.4 Å². The molecule has 1 saturated heterocycles. The van der Waals surface area contributed by atoms with Crippen LogP contribution in [-0.2, 0) is 21.7 Å². The van der Waals surface area contributed by atoms with Crippen molar-refractivity contribution in [2.24, 2.45) is 0 Å². The highest BCUT2D eigenvalue weighted by molar-refractivity contribution is 6.01. The minimum atomic E-state index is -1.20. The number of aromatic amines is 1. The number of aromatic nitrogens is 1. The van der Waals surface area contributed by atoms with E-state index in [4.69, 9.17) is 14.2 Å². The zero-order valence-electron chi connectivity index (χ0n) is 23.2. The van der Waals surface area contributed by atoms with Crippen LogP contribution in [0.2, 0.25) is 0 Å². The lowest BCUT2D eigenvalue weighted by Crippen LogP contribution is -2.67. The molecule has 4 aromatic rings. The molecule has 0 bridgehead atoms. The molecule has 1 unspecified atom stereocenters. The second-order valence-electron chi connectivity index (χ2n) is 10.4. The van der Waals surface area contributed by atoms with Crippen LogP contribution in [-0.4, -0.2) is 60.5 Å². The highest BCUT2D eigenvalue weighted by Crippen LogP contribution is 2.50. The summed E-state index contributed by atoms with van der Waals surface area (Å²) in [7, 11) is 3.23. The number of nitrogens with zero attached hydrogens (tertiary/aromatic N) is 2. The Hall–Kier alpha value is -4.46. The SMILES string of the molecule is CCOc1c(OC)cccc1C1CN2C(=O)CN(Cc3ccccc3OC)C(=O)[C@]2(C)c2[nH]c3ccccc3c21. The molecule has 0 radical (unpaired) electrons. The van der Waals surface area contributed by atoms with E-state index in [0.717, 1.165) is 33.3 Å². The second kappa shape index (κ2) is 9.93. The number of nitrogens with one attached hydrogen (secondary N) is 1. The second-order valence-corrected chi connectivity index (χ2v) is 10.4. The Bertz CT molecular complexity index is 1610. The van der Waals surface area contributed by atoms with Gasteiger partial charge in [0.2, 0.25) is 5.91 Å². The fourth-order valence-electron chi connectivity index (χ4n) is 6.39. The summed E-state index contributed by atoms with van der Waals surface area (Å²) < 4.78 is 17.3. The largest absolute Gasteiger partial charge is 0.496 e. The molecule has 2 aliphatic rings. The number of ether oxygens (including phenoxy) is 3. The smallest absolute Gasteiger partial charge is 0.255 e. The molecule has 206 valence electrons. The number of hydrogen-bond acceptors (Lipinski definition) is 5. The number of fused-ring (bicyclic) bond motifs is 5. The van der Waals surface area contributed by atoms with Crippen LogP contribution < -0.4 is 14.2 Å². The van der Waals surface area contributed by atoms with Crippen LogP contribution in [0.1, 0.15) is 42.1 Å². The van der Waals surface area contributed by atoms with E-state index in [1.165, 1.54) is 0 Å². The molecule has 6 rings (SSSR count). The van der Waals surface area contributed by atoms with Crippen LogP contribution in [0, 0.1) is 0 Å². The number of para-hydroxylation sites is 3. The summed E-state index contributed by atoms with van der Waals surface area (Å²) in [5.41, 5.74) is 3.23. The molecule has 2 aliphatic heterocycles. The van der Waals surface area contributed by atoms with E-state index in [1.807, 2.05) is 74.5 Å². The molecule has 2 amide bonds. The number of H-pyrrole nitrogens is 1. The van der Waals surface area contributed by atoms with E-state index >= 15 is 0 Å². The molecule has 8 nitrogen and oxygen atoms in total. The fraction of sp³-hybridized carbons (Fsp3) is 0.312. The highest BCUT2D eigenvalue weighted by Gasteiger charge is 2.56.